The monoisotopic (exact) mass is 302 g/mol. The van der Waals surface area contributed by atoms with Crippen LogP contribution in [0.25, 0.3) is 0 Å². The molecule has 0 radical (unpaired) electrons. The highest BCUT2D eigenvalue weighted by Gasteiger charge is 2.16. The molecule has 0 fully saturated rings. The highest BCUT2D eigenvalue weighted by Crippen LogP contribution is 2.15. The minimum atomic E-state index is -0.446. The third-order valence-electron chi connectivity index (χ3n) is 2.26. The summed E-state index contributed by atoms with van der Waals surface area (Å²) in [6, 6.07) is 7.60. The van der Waals surface area contributed by atoms with Crippen LogP contribution in [0.1, 0.15) is 20.8 Å². The van der Waals surface area contributed by atoms with E-state index in [0.29, 0.717) is 13.2 Å². The Hall–Kier alpha value is -0.580. The molecule has 0 aliphatic heterocycles. The van der Waals surface area contributed by atoms with Crippen LogP contribution in [0.15, 0.2) is 28.7 Å². The van der Waals surface area contributed by atoms with E-state index in [-0.39, 0.29) is 5.54 Å². The fourth-order valence-corrected chi connectivity index (χ4v) is 1.55. The third kappa shape index (κ3) is 6.66. The molecule has 0 saturated heterocycles. The molecule has 0 spiro atoms. The zero-order chi connectivity index (χ0) is 12.9. The van der Waals surface area contributed by atoms with Gasteiger partial charge in [-0.2, -0.15) is 0 Å². The molecule has 1 aromatic carbocycles. The summed E-state index contributed by atoms with van der Waals surface area (Å²) in [6.07, 6.45) is -0.446. The van der Waals surface area contributed by atoms with E-state index in [1.54, 1.807) is 0 Å². The summed E-state index contributed by atoms with van der Waals surface area (Å²) in [5.41, 5.74) is 0.137. The summed E-state index contributed by atoms with van der Waals surface area (Å²) in [7, 11) is 0. The zero-order valence-electron chi connectivity index (χ0n) is 10.6. The van der Waals surface area contributed by atoms with Crippen molar-refractivity contribution in [2.24, 2.45) is 0 Å². The van der Waals surface area contributed by atoms with Gasteiger partial charge in [-0.1, -0.05) is 15.9 Å². The molecule has 0 aromatic heterocycles. The maximum atomic E-state index is 9.76. The number of ether oxygens (including phenoxy) is 1. The summed E-state index contributed by atoms with van der Waals surface area (Å²) in [5.74, 6) is 0.781. The number of aliphatic hydroxyl groups is 1. The smallest absolute Gasteiger partial charge is 0.137 e. The Bertz CT molecular complexity index is 332. The molecule has 1 aromatic rings. The topological polar surface area (TPSA) is 46.1 Å². The second-order valence-electron chi connectivity index (χ2n) is 5.22. The molecule has 0 heterocycles. The quantitative estimate of drug-likeness (QED) is 0.867. The predicted octanol–water partition coefficient (Wildman–Crippen LogP) is 1.55. The molecule has 0 aliphatic carbocycles. The van der Waals surface area contributed by atoms with Gasteiger partial charge < -0.3 is 15.2 Å². The SMILES string of the molecule is CC(C)(C)[NH2+]C[C@H](O)COc1ccc(Br)cc1. The van der Waals surface area contributed by atoms with Crippen molar-refractivity contribution in [3.05, 3.63) is 28.7 Å². The molecule has 96 valence electrons. The predicted molar refractivity (Wildman–Crippen MR) is 72.2 cm³/mol. The molecule has 0 aliphatic rings. The van der Waals surface area contributed by atoms with Gasteiger partial charge in [-0.3, -0.25) is 0 Å². The fourth-order valence-electron chi connectivity index (χ4n) is 1.28. The number of halogens is 1. The van der Waals surface area contributed by atoms with Crippen LogP contribution < -0.4 is 10.1 Å². The Morgan fingerprint density at radius 3 is 2.41 bits per heavy atom. The van der Waals surface area contributed by atoms with Crippen LogP contribution in [-0.2, 0) is 0 Å². The van der Waals surface area contributed by atoms with Gasteiger partial charge >= 0.3 is 0 Å². The Morgan fingerprint density at radius 2 is 1.88 bits per heavy atom. The summed E-state index contributed by atoms with van der Waals surface area (Å²) in [5, 5.41) is 11.9. The number of nitrogens with two attached hydrogens (primary N) is 1. The van der Waals surface area contributed by atoms with Crippen molar-refractivity contribution < 1.29 is 15.2 Å². The normalized spacial score (nSPS) is 13.5. The number of hydrogen-bond acceptors (Lipinski definition) is 2. The average Bonchev–Trinajstić information content (AvgIpc) is 2.25. The van der Waals surface area contributed by atoms with E-state index in [1.165, 1.54) is 0 Å². The van der Waals surface area contributed by atoms with E-state index in [4.69, 9.17) is 4.74 Å². The van der Waals surface area contributed by atoms with Crippen LogP contribution in [0.3, 0.4) is 0 Å². The number of quaternary nitrogens is 1. The molecule has 0 amide bonds. The first-order valence-corrected chi connectivity index (χ1v) is 6.57. The molecule has 3 N–H and O–H groups in total. The van der Waals surface area contributed by atoms with Gasteiger partial charge in [0.15, 0.2) is 0 Å². The van der Waals surface area contributed by atoms with Crippen molar-refractivity contribution in [1.29, 1.82) is 0 Å². The molecule has 1 rings (SSSR count). The van der Waals surface area contributed by atoms with E-state index in [0.717, 1.165) is 10.2 Å². The van der Waals surface area contributed by atoms with Gasteiger partial charge in [0.1, 0.15) is 25.0 Å². The summed E-state index contributed by atoms with van der Waals surface area (Å²) in [4.78, 5) is 0. The molecule has 1 atom stereocenters. The van der Waals surface area contributed by atoms with Crippen molar-refractivity contribution in [3.8, 4) is 5.75 Å². The van der Waals surface area contributed by atoms with Crippen molar-refractivity contribution in [2.75, 3.05) is 13.2 Å². The fraction of sp³-hybridized carbons (Fsp3) is 0.538. The maximum Gasteiger partial charge on any atom is 0.137 e. The Labute approximate surface area is 111 Å². The second-order valence-corrected chi connectivity index (χ2v) is 6.14. The largest absolute Gasteiger partial charge is 0.491 e. The van der Waals surface area contributed by atoms with Crippen LogP contribution >= 0.6 is 15.9 Å². The lowest BCUT2D eigenvalue weighted by Crippen LogP contribution is -2.96. The van der Waals surface area contributed by atoms with Gasteiger partial charge in [-0.05, 0) is 45.0 Å². The highest BCUT2D eigenvalue weighted by molar-refractivity contribution is 9.10. The molecule has 0 bridgehead atoms. The van der Waals surface area contributed by atoms with Crippen LogP contribution in [0, 0.1) is 0 Å². The number of benzene rings is 1. The molecule has 0 unspecified atom stereocenters. The molecule has 17 heavy (non-hydrogen) atoms. The lowest BCUT2D eigenvalue weighted by atomic mass is 10.1. The number of rotatable bonds is 5. The first-order valence-electron chi connectivity index (χ1n) is 5.77. The lowest BCUT2D eigenvalue weighted by molar-refractivity contribution is -0.722. The van der Waals surface area contributed by atoms with Gasteiger partial charge in [0, 0.05) is 4.47 Å². The molecular formula is C13H21BrNO2+. The third-order valence-corrected chi connectivity index (χ3v) is 2.79. The van der Waals surface area contributed by atoms with E-state index >= 15 is 0 Å². The Kier molecular flexibility index (Phi) is 5.43. The Morgan fingerprint density at radius 1 is 1.29 bits per heavy atom. The molecular weight excluding hydrogens is 282 g/mol. The number of aliphatic hydroxyl groups excluding tert-OH is 1. The first kappa shape index (κ1) is 14.5. The van der Waals surface area contributed by atoms with Crippen molar-refractivity contribution in [3.63, 3.8) is 0 Å². The van der Waals surface area contributed by atoms with Gasteiger partial charge in [0.2, 0.25) is 0 Å². The van der Waals surface area contributed by atoms with Crippen molar-refractivity contribution in [2.45, 2.75) is 32.4 Å². The second kappa shape index (κ2) is 6.38. The highest BCUT2D eigenvalue weighted by atomic mass is 79.9. The first-order chi connectivity index (χ1) is 7.87. The van der Waals surface area contributed by atoms with Gasteiger partial charge in [0.25, 0.3) is 0 Å². The van der Waals surface area contributed by atoms with Crippen molar-refractivity contribution >= 4 is 15.9 Å². The number of hydrogen-bond donors (Lipinski definition) is 2. The van der Waals surface area contributed by atoms with E-state index < -0.39 is 6.10 Å². The molecule has 3 nitrogen and oxygen atoms in total. The van der Waals surface area contributed by atoms with Crippen molar-refractivity contribution in [1.82, 2.24) is 0 Å². The zero-order valence-corrected chi connectivity index (χ0v) is 12.2. The summed E-state index contributed by atoms with van der Waals surface area (Å²) >= 11 is 3.36. The van der Waals surface area contributed by atoms with E-state index in [2.05, 4.69) is 42.0 Å². The van der Waals surface area contributed by atoms with Crippen LogP contribution in [0.5, 0.6) is 5.75 Å². The van der Waals surface area contributed by atoms with Gasteiger partial charge in [-0.25, -0.2) is 0 Å². The van der Waals surface area contributed by atoms with Gasteiger partial charge in [0.05, 0.1) is 5.54 Å². The molecule has 0 saturated carbocycles. The lowest BCUT2D eigenvalue weighted by Gasteiger charge is -2.19. The minimum Gasteiger partial charge on any atom is -0.491 e. The van der Waals surface area contributed by atoms with Crippen LogP contribution in [-0.4, -0.2) is 29.9 Å². The van der Waals surface area contributed by atoms with Crippen LogP contribution in [0.2, 0.25) is 0 Å². The summed E-state index contributed by atoms with van der Waals surface area (Å²) in [6.45, 7) is 7.34. The average molecular weight is 303 g/mol. The van der Waals surface area contributed by atoms with E-state index in [1.807, 2.05) is 24.3 Å². The maximum absolute atomic E-state index is 9.76. The standard InChI is InChI=1S/C13H20BrNO2/c1-13(2,3)15-8-11(16)9-17-12-6-4-10(14)5-7-12/h4-7,11,15-16H,8-9H2,1-3H3/p+1/t11-/m0/s1. The molecule has 4 heteroatoms. The van der Waals surface area contributed by atoms with Gasteiger partial charge in [-0.15, -0.1) is 0 Å². The van der Waals surface area contributed by atoms with Crippen LogP contribution in [0.4, 0.5) is 0 Å². The Balaban J connectivity index is 2.28. The van der Waals surface area contributed by atoms with E-state index in [9.17, 15) is 5.11 Å². The summed E-state index contributed by atoms with van der Waals surface area (Å²) < 4.78 is 6.52. The minimum absolute atomic E-state index is 0.137.